The SMILES string of the molecule is C1=CC(c2nc(-c3ccccc3)nc(-c3cccc(-c4ccc(-c5ccc6ccccc6c5)cc4)c3)n2)C(c2cccc3ccccc23)C=C1. The van der Waals surface area contributed by atoms with Gasteiger partial charge in [-0.25, -0.2) is 15.0 Å². The number of hydrogen-bond donors (Lipinski definition) is 0. The lowest BCUT2D eigenvalue weighted by molar-refractivity contribution is 0.682. The van der Waals surface area contributed by atoms with Gasteiger partial charge in [0.25, 0.3) is 0 Å². The average molecular weight is 640 g/mol. The Morgan fingerprint density at radius 1 is 0.340 bits per heavy atom. The predicted molar refractivity (Wildman–Crippen MR) is 207 cm³/mol. The van der Waals surface area contributed by atoms with E-state index in [2.05, 4.69) is 170 Å². The summed E-state index contributed by atoms with van der Waals surface area (Å²) in [7, 11) is 0. The van der Waals surface area contributed by atoms with Crippen LogP contribution in [0.15, 0.2) is 188 Å². The van der Waals surface area contributed by atoms with E-state index in [9.17, 15) is 0 Å². The van der Waals surface area contributed by atoms with Crippen LogP contribution in [0.4, 0.5) is 0 Å². The molecular weight excluding hydrogens is 607 g/mol. The van der Waals surface area contributed by atoms with E-state index in [4.69, 9.17) is 15.0 Å². The molecule has 3 nitrogen and oxygen atoms in total. The second kappa shape index (κ2) is 12.9. The van der Waals surface area contributed by atoms with Crippen molar-refractivity contribution in [2.24, 2.45) is 0 Å². The summed E-state index contributed by atoms with van der Waals surface area (Å²) in [6.45, 7) is 0. The van der Waals surface area contributed by atoms with Gasteiger partial charge in [-0.05, 0) is 61.5 Å². The third kappa shape index (κ3) is 5.69. The first kappa shape index (κ1) is 29.7. The molecule has 0 saturated carbocycles. The van der Waals surface area contributed by atoms with Gasteiger partial charge in [-0.1, -0.05) is 176 Å². The molecule has 0 N–H and O–H groups in total. The molecule has 0 saturated heterocycles. The minimum Gasteiger partial charge on any atom is -0.212 e. The number of benzene rings is 7. The van der Waals surface area contributed by atoms with Crippen molar-refractivity contribution < 1.29 is 0 Å². The Labute approximate surface area is 292 Å². The average Bonchev–Trinajstić information content (AvgIpc) is 3.21. The minimum absolute atomic E-state index is 0.0548. The highest BCUT2D eigenvalue weighted by Gasteiger charge is 2.27. The molecule has 0 bridgehead atoms. The number of fused-ring (bicyclic) bond motifs is 2. The molecule has 236 valence electrons. The smallest absolute Gasteiger partial charge is 0.163 e. The maximum atomic E-state index is 5.21. The Balaban J connectivity index is 1.10. The van der Waals surface area contributed by atoms with E-state index in [1.807, 2.05) is 18.2 Å². The molecule has 1 aliphatic carbocycles. The third-order valence-electron chi connectivity index (χ3n) is 9.72. The van der Waals surface area contributed by atoms with Crippen molar-refractivity contribution in [1.82, 2.24) is 15.0 Å². The molecule has 7 aromatic carbocycles. The van der Waals surface area contributed by atoms with E-state index in [-0.39, 0.29) is 11.8 Å². The Bertz CT molecular complexity index is 2540. The van der Waals surface area contributed by atoms with E-state index in [1.54, 1.807) is 0 Å². The first-order valence-corrected chi connectivity index (χ1v) is 17.1. The molecule has 50 heavy (non-hydrogen) atoms. The van der Waals surface area contributed by atoms with Gasteiger partial charge in [-0.3, -0.25) is 0 Å². The summed E-state index contributed by atoms with van der Waals surface area (Å²) < 4.78 is 0. The van der Waals surface area contributed by atoms with Gasteiger partial charge in [0.15, 0.2) is 11.6 Å². The van der Waals surface area contributed by atoms with Gasteiger partial charge in [0, 0.05) is 23.0 Å². The van der Waals surface area contributed by atoms with Crippen molar-refractivity contribution in [2.45, 2.75) is 11.8 Å². The molecule has 1 aromatic heterocycles. The molecule has 2 unspecified atom stereocenters. The van der Waals surface area contributed by atoms with Crippen LogP contribution in [0, 0.1) is 0 Å². The summed E-state index contributed by atoms with van der Waals surface area (Å²) in [6.07, 6.45) is 8.76. The lowest BCUT2D eigenvalue weighted by Gasteiger charge is -2.25. The van der Waals surface area contributed by atoms with E-state index in [0.29, 0.717) is 11.6 Å². The van der Waals surface area contributed by atoms with E-state index in [1.165, 1.54) is 38.2 Å². The standard InChI is InChI=1S/C47H33N3/c1-2-14-36(15-3-1)45-48-46(50-47(49-45)44-22-9-8-21-43(44)42-23-11-17-35-13-6-7-20-41(35)42)40-19-10-18-38(31-40)33-24-26-34(27-25-33)39-29-28-32-12-4-5-16-37(32)30-39/h1-31,43-44H. The van der Waals surface area contributed by atoms with Gasteiger partial charge in [0.1, 0.15) is 5.82 Å². The van der Waals surface area contributed by atoms with Crippen LogP contribution >= 0.6 is 0 Å². The molecule has 0 fully saturated rings. The van der Waals surface area contributed by atoms with Crippen LogP contribution in [-0.4, -0.2) is 15.0 Å². The molecule has 0 amide bonds. The summed E-state index contributed by atoms with van der Waals surface area (Å²) in [5.41, 5.74) is 7.86. The number of hydrogen-bond acceptors (Lipinski definition) is 3. The topological polar surface area (TPSA) is 38.7 Å². The first-order chi connectivity index (χ1) is 24.8. The van der Waals surface area contributed by atoms with Crippen molar-refractivity contribution in [1.29, 1.82) is 0 Å². The van der Waals surface area contributed by atoms with Crippen LogP contribution in [0.1, 0.15) is 23.2 Å². The normalized spacial score (nSPS) is 15.4. The maximum absolute atomic E-state index is 5.21. The van der Waals surface area contributed by atoms with E-state index >= 15 is 0 Å². The van der Waals surface area contributed by atoms with Gasteiger partial charge < -0.3 is 0 Å². The van der Waals surface area contributed by atoms with Crippen molar-refractivity contribution in [3.63, 3.8) is 0 Å². The summed E-state index contributed by atoms with van der Waals surface area (Å²) in [4.78, 5) is 15.4. The largest absolute Gasteiger partial charge is 0.212 e. The van der Waals surface area contributed by atoms with E-state index < -0.39 is 0 Å². The number of aromatic nitrogens is 3. The fourth-order valence-corrected chi connectivity index (χ4v) is 7.14. The molecule has 1 heterocycles. The molecule has 0 aliphatic heterocycles. The maximum Gasteiger partial charge on any atom is 0.163 e. The van der Waals surface area contributed by atoms with Gasteiger partial charge >= 0.3 is 0 Å². The minimum atomic E-state index is -0.0548. The molecular formula is C47H33N3. The van der Waals surface area contributed by atoms with Gasteiger partial charge in [-0.15, -0.1) is 0 Å². The Hall–Kier alpha value is -6.45. The molecule has 3 heteroatoms. The highest BCUT2D eigenvalue weighted by Crippen LogP contribution is 2.40. The second-order valence-corrected chi connectivity index (χ2v) is 12.8. The molecule has 8 aromatic rings. The second-order valence-electron chi connectivity index (χ2n) is 12.8. The lowest BCUT2D eigenvalue weighted by atomic mass is 9.80. The van der Waals surface area contributed by atoms with Gasteiger partial charge in [0.2, 0.25) is 0 Å². The first-order valence-electron chi connectivity index (χ1n) is 17.1. The van der Waals surface area contributed by atoms with Crippen molar-refractivity contribution >= 4 is 21.5 Å². The zero-order chi connectivity index (χ0) is 33.3. The molecule has 9 rings (SSSR count). The molecule has 0 radical (unpaired) electrons. The van der Waals surface area contributed by atoms with Crippen molar-refractivity contribution in [3.05, 3.63) is 199 Å². The Morgan fingerprint density at radius 3 is 1.70 bits per heavy atom. The summed E-state index contributed by atoms with van der Waals surface area (Å²) in [5.74, 6) is 2.13. The van der Waals surface area contributed by atoms with E-state index in [0.717, 1.165) is 28.1 Å². The lowest BCUT2D eigenvalue weighted by Crippen LogP contribution is -2.15. The fourth-order valence-electron chi connectivity index (χ4n) is 7.14. The number of rotatable bonds is 6. The highest BCUT2D eigenvalue weighted by atomic mass is 15.0. The van der Waals surface area contributed by atoms with Crippen LogP contribution in [0.3, 0.4) is 0 Å². The zero-order valence-electron chi connectivity index (χ0n) is 27.4. The number of allylic oxidation sites excluding steroid dienone is 4. The molecule has 2 atom stereocenters. The van der Waals surface area contributed by atoms with Gasteiger partial charge in [0.05, 0.1) is 0 Å². The number of nitrogens with zero attached hydrogens (tertiary/aromatic N) is 3. The van der Waals surface area contributed by atoms with Crippen molar-refractivity contribution in [2.75, 3.05) is 0 Å². The summed E-state index contributed by atoms with van der Waals surface area (Å²) >= 11 is 0. The monoisotopic (exact) mass is 639 g/mol. The zero-order valence-corrected chi connectivity index (χ0v) is 27.4. The van der Waals surface area contributed by atoms with Gasteiger partial charge in [-0.2, -0.15) is 0 Å². The highest BCUT2D eigenvalue weighted by molar-refractivity contribution is 5.88. The quantitative estimate of drug-likeness (QED) is 0.182. The van der Waals surface area contributed by atoms with Crippen molar-refractivity contribution in [3.8, 4) is 45.0 Å². The Morgan fingerprint density at radius 2 is 0.900 bits per heavy atom. The summed E-state index contributed by atoms with van der Waals surface area (Å²) in [5, 5.41) is 4.98. The van der Waals surface area contributed by atoms with Crippen LogP contribution in [0.2, 0.25) is 0 Å². The van der Waals surface area contributed by atoms with Crippen LogP contribution in [-0.2, 0) is 0 Å². The fraction of sp³-hybridized carbons (Fsp3) is 0.0426. The molecule has 0 spiro atoms. The summed E-state index contributed by atoms with van der Waals surface area (Å²) in [6, 6.07) is 57.8. The Kier molecular flexibility index (Phi) is 7.64. The predicted octanol–water partition coefficient (Wildman–Crippen LogP) is 11.8. The van der Waals surface area contributed by atoms with Crippen LogP contribution < -0.4 is 0 Å². The van der Waals surface area contributed by atoms with Crippen LogP contribution in [0.25, 0.3) is 66.6 Å². The molecule has 1 aliphatic rings. The van der Waals surface area contributed by atoms with Crippen LogP contribution in [0.5, 0.6) is 0 Å². The third-order valence-corrected chi connectivity index (χ3v) is 9.72.